The summed E-state index contributed by atoms with van der Waals surface area (Å²) in [4.78, 5) is 23.4. The van der Waals surface area contributed by atoms with E-state index in [2.05, 4.69) is 9.97 Å². The van der Waals surface area contributed by atoms with Crippen molar-refractivity contribution in [2.24, 2.45) is 0 Å². The van der Waals surface area contributed by atoms with Gasteiger partial charge >= 0.3 is 0 Å². The quantitative estimate of drug-likeness (QED) is 0.648. The lowest BCUT2D eigenvalue weighted by atomic mass is 10.0. The zero-order chi connectivity index (χ0) is 20.2. The monoisotopic (exact) mass is 395 g/mol. The van der Waals surface area contributed by atoms with Gasteiger partial charge in [0.05, 0.1) is 18.9 Å². The fourth-order valence-corrected chi connectivity index (χ4v) is 3.59. The molecule has 1 fully saturated rings. The number of aromatic nitrogens is 2. The number of amides is 1. The molecule has 1 amide bonds. The van der Waals surface area contributed by atoms with Crippen LogP contribution in [0.4, 0.5) is 4.39 Å². The second-order valence-electron chi connectivity index (χ2n) is 7.07. The standard InChI is InChI=1S/C22H22FN3O3/c1-28-20-10-7-16(13-24-20)22(27)26-11-3-2-4-19(26)21-25-14-18(29-21)12-15-5-8-17(23)9-6-15/h5-10,13-14,19H,2-4,11-12H2,1H3/t19-/m0/s1. The maximum absolute atomic E-state index is 13.1. The fourth-order valence-electron chi connectivity index (χ4n) is 3.59. The maximum atomic E-state index is 13.1. The smallest absolute Gasteiger partial charge is 0.256 e. The Kier molecular flexibility index (Phi) is 5.55. The average Bonchev–Trinajstić information content (AvgIpc) is 3.23. The van der Waals surface area contributed by atoms with Crippen molar-refractivity contribution in [3.8, 4) is 5.88 Å². The van der Waals surface area contributed by atoms with Crippen LogP contribution in [0, 0.1) is 5.82 Å². The van der Waals surface area contributed by atoms with Crippen LogP contribution in [0.25, 0.3) is 0 Å². The first-order valence-electron chi connectivity index (χ1n) is 9.64. The van der Waals surface area contributed by atoms with Gasteiger partial charge in [-0.1, -0.05) is 12.1 Å². The Morgan fingerprint density at radius 2 is 2.00 bits per heavy atom. The average molecular weight is 395 g/mol. The highest BCUT2D eigenvalue weighted by Gasteiger charge is 2.32. The Balaban J connectivity index is 1.52. The molecule has 0 spiro atoms. The lowest BCUT2D eigenvalue weighted by molar-refractivity contribution is 0.0569. The molecule has 29 heavy (non-hydrogen) atoms. The summed E-state index contributed by atoms with van der Waals surface area (Å²) in [6, 6.07) is 9.50. The van der Waals surface area contributed by atoms with Crippen molar-refractivity contribution in [3.05, 3.63) is 77.4 Å². The van der Waals surface area contributed by atoms with Gasteiger partial charge in [0.2, 0.25) is 11.8 Å². The largest absolute Gasteiger partial charge is 0.481 e. The molecular weight excluding hydrogens is 373 g/mol. The number of piperidine rings is 1. The van der Waals surface area contributed by atoms with Gasteiger partial charge in [-0.05, 0) is 43.0 Å². The van der Waals surface area contributed by atoms with Gasteiger partial charge in [0.15, 0.2) is 0 Å². The molecule has 0 saturated carbocycles. The number of halogens is 1. The molecule has 0 bridgehead atoms. The second kappa shape index (κ2) is 8.43. The van der Waals surface area contributed by atoms with Crippen molar-refractivity contribution in [3.63, 3.8) is 0 Å². The van der Waals surface area contributed by atoms with Crippen molar-refractivity contribution in [2.75, 3.05) is 13.7 Å². The summed E-state index contributed by atoms with van der Waals surface area (Å²) in [6.07, 6.45) is 6.48. The molecule has 0 radical (unpaired) electrons. The van der Waals surface area contributed by atoms with E-state index >= 15 is 0 Å². The number of methoxy groups -OCH3 is 1. The first-order chi connectivity index (χ1) is 14.1. The summed E-state index contributed by atoms with van der Waals surface area (Å²) in [6.45, 7) is 0.644. The van der Waals surface area contributed by atoms with Gasteiger partial charge in [0, 0.05) is 25.2 Å². The molecule has 7 heteroatoms. The van der Waals surface area contributed by atoms with E-state index in [1.54, 1.807) is 35.4 Å². The van der Waals surface area contributed by atoms with E-state index in [0.29, 0.717) is 36.1 Å². The van der Waals surface area contributed by atoms with Crippen molar-refractivity contribution >= 4 is 5.91 Å². The van der Waals surface area contributed by atoms with Crippen LogP contribution in [0.5, 0.6) is 5.88 Å². The summed E-state index contributed by atoms with van der Waals surface area (Å²) in [5.74, 6) is 1.33. The van der Waals surface area contributed by atoms with E-state index in [9.17, 15) is 9.18 Å². The van der Waals surface area contributed by atoms with Crippen LogP contribution in [0.2, 0.25) is 0 Å². The SMILES string of the molecule is COc1ccc(C(=O)N2CCCC[C@H]2c2ncc(Cc3ccc(F)cc3)o2)cn1. The van der Waals surface area contributed by atoms with Crippen LogP contribution in [-0.4, -0.2) is 34.4 Å². The minimum atomic E-state index is -0.267. The molecule has 150 valence electrons. The molecule has 4 rings (SSSR count). The predicted molar refractivity (Wildman–Crippen MR) is 104 cm³/mol. The van der Waals surface area contributed by atoms with Gasteiger partial charge in [-0.25, -0.2) is 14.4 Å². The molecule has 1 aliphatic rings. The van der Waals surface area contributed by atoms with Crippen LogP contribution in [0.1, 0.15) is 52.9 Å². The summed E-state index contributed by atoms with van der Waals surface area (Å²) >= 11 is 0. The van der Waals surface area contributed by atoms with Gasteiger partial charge < -0.3 is 14.1 Å². The molecule has 1 aliphatic heterocycles. The third kappa shape index (κ3) is 4.29. The van der Waals surface area contributed by atoms with Gasteiger partial charge in [-0.3, -0.25) is 4.79 Å². The highest BCUT2D eigenvalue weighted by molar-refractivity contribution is 5.94. The Hall–Kier alpha value is -3.22. The lowest BCUT2D eigenvalue weighted by Gasteiger charge is -2.33. The number of rotatable bonds is 5. The Labute approximate surface area is 168 Å². The van der Waals surface area contributed by atoms with Crippen LogP contribution in [0.3, 0.4) is 0 Å². The van der Waals surface area contributed by atoms with E-state index in [1.165, 1.54) is 25.4 Å². The van der Waals surface area contributed by atoms with E-state index in [4.69, 9.17) is 9.15 Å². The third-order valence-corrected chi connectivity index (χ3v) is 5.10. The summed E-state index contributed by atoms with van der Waals surface area (Å²) < 4.78 is 24.1. The number of nitrogens with zero attached hydrogens (tertiary/aromatic N) is 3. The number of hydrogen-bond acceptors (Lipinski definition) is 5. The summed E-state index contributed by atoms with van der Waals surface area (Å²) in [7, 11) is 1.54. The van der Waals surface area contributed by atoms with Gasteiger partial charge in [0.1, 0.15) is 17.6 Å². The van der Waals surface area contributed by atoms with Crippen LogP contribution >= 0.6 is 0 Å². The molecule has 1 atom stereocenters. The third-order valence-electron chi connectivity index (χ3n) is 5.10. The van der Waals surface area contributed by atoms with E-state index in [-0.39, 0.29) is 17.8 Å². The Morgan fingerprint density at radius 1 is 1.17 bits per heavy atom. The normalized spacial score (nSPS) is 16.6. The number of carbonyl (C=O) groups is 1. The topological polar surface area (TPSA) is 68.5 Å². The second-order valence-corrected chi connectivity index (χ2v) is 7.07. The molecular formula is C22H22FN3O3. The zero-order valence-electron chi connectivity index (χ0n) is 16.2. The zero-order valence-corrected chi connectivity index (χ0v) is 16.2. The van der Waals surface area contributed by atoms with E-state index in [1.807, 2.05) is 0 Å². The summed E-state index contributed by atoms with van der Waals surface area (Å²) in [5, 5.41) is 0. The molecule has 0 N–H and O–H groups in total. The number of carbonyl (C=O) groups excluding carboxylic acids is 1. The Morgan fingerprint density at radius 3 is 2.72 bits per heavy atom. The number of hydrogen-bond donors (Lipinski definition) is 0. The number of likely N-dealkylation sites (tertiary alicyclic amines) is 1. The molecule has 2 aromatic heterocycles. The van der Waals surface area contributed by atoms with Crippen LogP contribution in [-0.2, 0) is 6.42 Å². The number of oxazole rings is 1. The van der Waals surface area contributed by atoms with Crippen molar-refractivity contribution < 1.29 is 18.3 Å². The lowest BCUT2D eigenvalue weighted by Crippen LogP contribution is -2.38. The van der Waals surface area contributed by atoms with Gasteiger partial charge in [-0.15, -0.1) is 0 Å². The van der Waals surface area contributed by atoms with Gasteiger partial charge in [-0.2, -0.15) is 0 Å². The molecule has 3 aromatic rings. The van der Waals surface area contributed by atoms with Crippen LogP contribution < -0.4 is 4.74 Å². The minimum Gasteiger partial charge on any atom is -0.481 e. The highest BCUT2D eigenvalue weighted by atomic mass is 19.1. The molecule has 6 nitrogen and oxygen atoms in total. The maximum Gasteiger partial charge on any atom is 0.256 e. The molecule has 0 unspecified atom stereocenters. The van der Waals surface area contributed by atoms with Crippen molar-refractivity contribution in [1.29, 1.82) is 0 Å². The molecule has 3 heterocycles. The first kappa shape index (κ1) is 19.1. The van der Waals surface area contributed by atoms with Crippen molar-refractivity contribution in [1.82, 2.24) is 14.9 Å². The summed E-state index contributed by atoms with van der Waals surface area (Å²) in [5.41, 5.74) is 1.45. The highest BCUT2D eigenvalue weighted by Crippen LogP contribution is 2.32. The van der Waals surface area contributed by atoms with E-state index < -0.39 is 0 Å². The molecule has 1 aromatic carbocycles. The number of ether oxygens (including phenoxy) is 1. The fraction of sp³-hybridized carbons (Fsp3) is 0.318. The van der Waals surface area contributed by atoms with Crippen molar-refractivity contribution in [2.45, 2.75) is 31.7 Å². The number of pyridine rings is 1. The number of benzene rings is 1. The Bertz CT molecular complexity index is 970. The van der Waals surface area contributed by atoms with E-state index in [0.717, 1.165) is 24.8 Å². The molecule has 0 aliphatic carbocycles. The first-order valence-corrected chi connectivity index (χ1v) is 9.64. The van der Waals surface area contributed by atoms with Gasteiger partial charge in [0.25, 0.3) is 5.91 Å². The minimum absolute atomic E-state index is 0.0943. The molecule has 1 saturated heterocycles. The predicted octanol–water partition coefficient (Wildman–Crippen LogP) is 4.18. The van der Waals surface area contributed by atoms with Crippen LogP contribution in [0.15, 0.2) is 53.2 Å².